The summed E-state index contributed by atoms with van der Waals surface area (Å²) in [6.07, 6.45) is 3.38. The first-order valence-electron chi connectivity index (χ1n) is 9.06. The lowest BCUT2D eigenvalue weighted by Gasteiger charge is -2.06. The SMILES string of the molecule is O=C(OCc1cnc(CCc2ccccc2)s1)c1cc(=O)[nH]c2ccc(F)cc12. The van der Waals surface area contributed by atoms with Crippen LogP contribution in [0.5, 0.6) is 0 Å². The second-order valence-electron chi connectivity index (χ2n) is 6.52. The number of aromatic nitrogens is 2. The monoisotopic (exact) mass is 408 g/mol. The molecule has 2 heterocycles. The first-order valence-corrected chi connectivity index (χ1v) is 9.87. The lowest BCUT2D eigenvalue weighted by Crippen LogP contribution is -2.12. The Kier molecular flexibility index (Phi) is 5.48. The summed E-state index contributed by atoms with van der Waals surface area (Å²) in [7, 11) is 0. The van der Waals surface area contributed by atoms with Crippen LogP contribution in [0.1, 0.15) is 25.8 Å². The minimum absolute atomic E-state index is 0.0390. The summed E-state index contributed by atoms with van der Waals surface area (Å²) < 4.78 is 18.9. The van der Waals surface area contributed by atoms with E-state index in [1.807, 2.05) is 18.2 Å². The highest BCUT2D eigenvalue weighted by atomic mass is 32.1. The third kappa shape index (κ3) is 4.57. The van der Waals surface area contributed by atoms with Gasteiger partial charge in [0.2, 0.25) is 5.56 Å². The first-order chi connectivity index (χ1) is 14.1. The largest absolute Gasteiger partial charge is 0.456 e. The Morgan fingerprint density at radius 2 is 1.93 bits per heavy atom. The van der Waals surface area contributed by atoms with E-state index in [9.17, 15) is 14.0 Å². The number of hydrogen-bond acceptors (Lipinski definition) is 5. The van der Waals surface area contributed by atoms with Gasteiger partial charge in [-0.1, -0.05) is 30.3 Å². The number of benzene rings is 2. The molecule has 0 atom stereocenters. The number of H-pyrrole nitrogens is 1. The molecule has 0 aliphatic rings. The number of halogens is 1. The molecule has 0 amide bonds. The Morgan fingerprint density at radius 3 is 2.76 bits per heavy atom. The molecular formula is C22H17FN2O3S. The molecular weight excluding hydrogens is 391 g/mol. The van der Waals surface area contributed by atoms with E-state index in [1.54, 1.807) is 6.20 Å². The average Bonchev–Trinajstić information content (AvgIpc) is 3.19. The number of hydrogen-bond donors (Lipinski definition) is 1. The fourth-order valence-electron chi connectivity index (χ4n) is 3.04. The van der Waals surface area contributed by atoms with Gasteiger partial charge in [0.25, 0.3) is 0 Å². The van der Waals surface area contributed by atoms with Crippen LogP contribution in [0.15, 0.2) is 65.6 Å². The summed E-state index contributed by atoms with van der Waals surface area (Å²) >= 11 is 1.48. The van der Waals surface area contributed by atoms with Gasteiger partial charge in [-0.25, -0.2) is 14.2 Å². The Hall–Kier alpha value is -3.32. The van der Waals surface area contributed by atoms with Gasteiger partial charge in [0.1, 0.15) is 12.4 Å². The number of aromatic amines is 1. The highest BCUT2D eigenvalue weighted by Crippen LogP contribution is 2.20. The van der Waals surface area contributed by atoms with E-state index in [2.05, 4.69) is 22.1 Å². The number of fused-ring (bicyclic) bond motifs is 1. The molecule has 0 fully saturated rings. The van der Waals surface area contributed by atoms with Gasteiger partial charge in [-0.05, 0) is 30.2 Å². The van der Waals surface area contributed by atoms with Gasteiger partial charge >= 0.3 is 5.97 Å². The molecule has 0 bridgehead atoms. The minimum Gasteiger partial charge on any atom is -0.456 e. The quantitative estimate of drug-likeness (QED) is 0.484. The number of carbonyl (C=O) groups excluding carboxylic acids is 1. The standard InChI is InChI=1S/C22H17FN2O3S/c23-15-7-8-19-17(10-15)18(11-20(26)25-19)22(27)28-13-16-12-24-21(29-16)9-6-14-4-2-1-3-5-14/h1-5,7-8,10-12H,6,9,13H2,(H,25,26). The van der Waals surface area contributed by atoms with Gasteiger partial charge < -0.3 is 9.72 Å². The predicted molar refractivity (Wildman–Crippen MR) is 110 cm³/mol. The van der Waals surface area contributed by atoms with E-state index in [0.29, 0.717) is 10.9 Å². The Balaban J connectivity index is 1.43. The molecule has 4 aromatic rings. The molecule has 4 rings (SSSR count). The number of esters is 1. The zero-order chi connectivity index (χ0) is 20.2. The normalized spacial score (nSPS) is 10.9. The Bertz CT molecular complexity index is 1220. The molecule has 0 aliphatic heterocycles. The van der Waals surface area contributed by atoms with Crippen LogP contribution in [0.2, 0.25) is 0 Å². The molecule has 0 unspecified atom stereocenters. The maximum atomic E-state index is 13.6. The van der Waals surface area contributed by atoms with Crippen LogP contribution in [0.3, 0.4) is 0 Å². The van der Waals surface area contributed by atoms with Crippen molar-refractivity contribution < 1.29 is 13.9 Å². The van der Waals surface area contributed by atoms with Crippen LogP contribution in [0.25, 0.3) is 10.9 Å². The summed E-state index contributed by atoms with van der Waals surface area (Å²) in [4.78, 5) is 32.1. The molecule has 0 radical (unpaired) electrons. The van der Waals surface area contributed by atoms with Crippen molar-refractivity contribution in [3.8, 4) is 0 Å². The molecule has 0 saturated carbocycles. The van der Waals surface area contributed by atoms with Crippen LogP contribution in [0.4, 0.5) is 4.39 Å². The number of pyridine rings is 1. The van der Waals surface area contributed by atoms with E-state index in [4.69, 9.17) is 4.74 Å². The molecule has 5 nitrogen and oxygen atoms in total. The topological polar surface area (TPSA) is 72.0 Å². The molecule has 0 spiro atoms. The number of carbonyl (C=O) groups is 1. The number of nitrogens with one attached hydrogen (secondary N) is 1. The minimum atomic E-state index is -0.675. The van der Waals surface area contributed by atoms with Crippen molar-refractivity contribution in [2.75, 3.05) is 0 Å². The third-order valence-corrected chi connectivity index (χ3v) is 5.47. The number of aryl methyl sites for hydroxylation is 2. The number of rotatable bonds is 6. The summed E-state index contributed by atoms with van der Waals surface area (Å²) in [5.74, 6) is -1.17. The predicted octanol–water partition coefficient (Wildman–Crippen LogP) is 4.27. The van der Waals surface area contributed by atoms with Crippen molar-refractivity contribution in [3.05, 3.63) is 98.0 Å². The first kappa shape index (κ1) is 19.0. The van der Waals surface area contributed by atoms with Crippen LogP contribution >= 0.6 is 11.3 Å². The van der Waals surface area contributed by atoms with Crippen LogP contribution in [-0.4, -0.2) is 15.9 Å². The van der Waals surface area contributed by atoms with Gasteiger partial charge in [0.15, 0.2) is 0 Å². The van der Waals surface area contributed by atoms with E-state index in [0.717, 1.165) is 28.8 Å². The molecule has 1 N–H and O–H groups in total. The number of thiazole rings is 1. The van der Waals surface area contributed by atoms with Gasteiger partial charge in [-0.3, -0.25) is 4.79 Å². The van der Waals surface area contributed by atoms with Crippen molar-refractivity contribution in [1.82, 2.24) is 9.97 Å². The molecule has 146 valence electrons. The van der Waals surface area contributed by atoms with Crippen LogP contribution < -0.4 is 5.56 Å². The maximum absolute atomic E-state index is 13.6. The van der Waals surface area contributed by atoms with Crippen LogP contribution in [0, 0.1) is 5.82 Å². The molecule has 7 heteroatoms. The Labute approximate surface area is 169 Å². The van der Waals surface area contributed by atoms with Crippen molar-refractivity contribution in [2.45, 2.75) is 19.4 Å². The number of nitrogens with zero attached hydrogens (tertiary/aromatic N) is 1. The smallest absolute Gasteiger partial charge is 0.339 e. The molecule has 2 aromatic carbocycles. The van der Waals surface area contributed by atoms with E-state index in [1.165, 1.54) is 35.1 Å². The van der Waals surface area contributed by atoms with Gasteiger partial charge in [-0.2, -0.15) is 0 Å². The third-order valence-electron chi connectivity index (χ3n) is 4.44. The highest BCUT2D eigenvalue weighted by molar-refractivity contribution is 7.11. The van der Waals surface area contributed by atoms with Gasteiger partial charge in [0.05, 0.1) is 15.4 Å². The highest BCUT2D eigenvalue weighted by Gasteiger charge is 2.15. The fourth-order valence-corrected chi connectivity index (χ4v) is 3.87. The van der Waals surface area contributed by atoms with E-state index >= 15 is 0 Å². The number of ether oxygens (including phenoxy) is 1. The zero-order valence-corrected chi connectivity index (χ0v) is 16.2. The fraction of sp³-hybridized carbons (Fsp3) is 0.136. The molecule has 0 saturated heterocycles. The van der Waals surface area contributed by atoms with Crippen LogP contribution in [-0.2, 0) is 24.2 Å². The van der Waals surface area contributed by atoms with Gasteiger partial charge in [-0.15, -0.1) is 11.3 Å². The summed E-state index contributed by atoms with van der Waals surface area (Å²) in [5, 5.41) is 1.27. The van der Waals surface area contributed by atoms with Crippen molar-refractivity contribution in [3.63, 3.8) is 0 Å². The second kappa shape index (κ2) is 8.36. The van der Waals surface area contributed by atoms with Crippen molar-refractivity contribution in [1.29, 1.82) is 0 Å². The average molecular weight is 408 g/mol. The van der Waals surface area contributed by atoms with E-state index in [-0.39, 0.29) is 12.2 Å². The lowest BCUT2D eigenvalue weighted by molar-refractivity contribution is 0.0478. The molecule has 2 aromatic heterocycles. The van der Waals surface area contributed by atoms with E-state index < -0.39 is 17.3 Å². The maximum Gasteiger partial charge on any atom is 0.339 e. The van der Waals surface area contributed by atoms with Crippen molar-refractivity contribution in [2.24, 2.45) is 0 Å². The zero-order valence-electron chi connectivity index (χ0n) is 15.4. The summed E-state index contributed by atoms with van der Waals surface area (Å²) in [6.45, 7) is 0.0471. The second-order valence-corrected chi connectivity index (χ2v) is 7.72. The molecule has 29 heavy (non-hydrogen) atoms. The van der Waals surface area contributed by atoms with Gasteiger partial charge in [0, 0.05) is 29.6 Å². The summed E-state index contributed by atoms with van der Waals surface area (Å²) in [6, 6.07) is 15.1. The van der Waals surface area contributed by atoms with Crippen molar-refractivity contribution >= 4 is 28.2 Å². The molecule has 0 aliphatic carbocycles. The summed E-state index contributed by atoms with van der Waals surface area (Å²) in [5.41, 5.74) is 1.21. The Morgan fingerprint density at radius 1 is 1.10 bits per heavy atom. The lowest BCUT2D eigenvalue weighted by atomic mass is 10.1.